The second-order valence-electron chi connectivity index (χ2n) is 6.30. The number of piperazine rings is 1. The maximum absolute atomic E-state index is 12.5. The van der Waals surface area contributed by atoms with E-state index < -0.39 is 0 Å². The van der Waals surface area contributed by atoms with E-state index in [0.29, 0.717) is 24.5 Å². The summed E-state index contributed by atoms with van der Waals surface area (Å²) in [6.07, 6.45) is 2.55. The molecule has 1 aliphatic heterocycles. The molecule has 1 aliphatic rings. The van der Waals surface area contributed by atoms with E-state index in [1.165, 1.54) is 0 Å². The van der Waals surface area contributed by atoms with E-state index in [4.69, 9.17) is 4.52 Å². The van der Waals surface area contributed by atoms with Gasteiger partial charge in [-0.1, -0.05) is 18.1 Å². The van der Waals surface area contributed by atoms with E-state index in [1.54, 1.807) is 0 Å². The Balaban J connectivity index is 1.57. The number of carbonyl (C=O) groups excluding carboxylic acids is 1. The number of urea groups is 1. The minimum Gasteiger partial charge on any atom is -0.359 e. The fourth-order valence-electron chi connectivity index (χ4n) is 3.13. The first-order valence-electron chi connectivity index (χ1n) is 8.76. The van der Waals surface area contributed by atoms with Gasteiger partial charge in [0.15, 0.2) is 5.76 Å². The van der Waals surface area contributed by atoms with Crippen LogP contribution in [0.15, 0.2) is 28.9 Å². The smallest absolute Gasteiger partial charge is 0.322 e. The molecule has 7 heteroatoms. The van der Waals surface area contributed by atoms with Crippen LogP contribution >= 0.6 is 0 Å². The van der Waals surface area contributed by atoms with Crippen LogP contribution in [0.4, 0.5) is 10.5 Å². The highest BCUT2D eigenvalue weighted by Crippen LogP contribution is 2.22. The molecule has 2 aromatic heterocycles. The molecule has 0 saturated carbocycles. The average molecular weight is 343 g/mol. The Kier molecular flexibility index (Phi) is 5.33. The number of hydrogen-bond donors (Lipinski definition) is 1. The van der Waals surface area contributed by atoms with Gasteiger partial charge in [-0.15, -0.1) is 0 Å². The van der Waals surface area contributed by atoms with E-state index >= 15 is 0 Å². The van der Waals surface area contributed by atoms with Crippen molar-refractivity contribution in [3.63, 3.8) is 0 Å². The summed E-state index contributed by atoms with van der Waals surface area (Å²) >= 11 is 0. The van der Waals surface area contributed by atoms with Crippen molar-refractivity contribution >= 4 is 11.7 Å². The monoisotopic (exact) mass is 343 g/mol. The summed E-state index contributed by atoms with van der Waals surface area (Å²) in [5.74, 6) is 0.646. The van der Waals surface area contributed by atoms with Crippen LogP contribution in [-0.2, 0) is 6.42 Å². The summed E-state index contributed by atoms with van der Waals surface area (Å²) in [5.41, 5.74) is 2.55. The molecule has 134 valence electrons. The standard InChI is InChI=1S/C18H25N5O2/c1-4-15-17(14(3)25-21-15)20-18(24)23-11-9-22(10-12-23)13(2)16-7-5-6-8-19-16/h5-8,13H,4,9-12H2,1-3H3,(H,20,24). The second-order valence-corrected chi connectivity index (χ2v) is 6.30. The zero-order valence-corrected chi connectivity index (χ0v) is 15.0. The number of anilines is 1. The van der Waals surface area contributed by atoms with Crippen LogP contribution in [0.5, 0.6) is 0 Å². The normalized spacial score (nSPS) is 16.7. The molecule has 0 radical (unpaired) electrons. The Morgan fingerprint density at radius 3 is 2.72 bits per heavy atom. The number of aromatic nitrogens is 2. The van der Waals surface area contributed by atoms with Crippen molar-refractivity contribution in [1.29, 1.82) is 0 Å². The highest BCUT2D eigenvalue weighted by Gasteiger charge is 2.26. The number of nitrogens with zero attached hydrogens (tertiary/aromatic N) is 4. The van der Waals surface area contributed by atoms with Gasteiger partial charge < -0.3 is 14.7 Å². The molecule has 0 aromatic carbocycles. The third kappa shape index (κ3) is 3.82. The summed E-state index contributed by atoms with van der Waals surface area (Å²) in [6.45, 7) is 9.00. The van der Waals surface area contributed by atoms with Gasteiger partial charge in [0, 0.05) is 38.4 Å². The number of nitrogens with one attached hydrogen (secondary N) is 1. The molecule has 1 atom stereocenters. The molecule has 25 heavy (non-hydrogen) atoms. The molecule has 1 saturated heterocycles. The Morgan fingerprint density at radius 2 is 2.08 bits per heavy atom. The number of aryl methyl sites for hydroxylation is 2. The predicted molar refractivity (Wildman–Crippen MR) is 95.4 cm³/mol. The van der Waals surface area contributed by atoms with Crippen LogP contribution in [0.2, 0.25) is 0 Å². The molecule has 3 rings (SSSR count). The molecule has 2 aromatic rings. The minimum absolute atomic E-state index is 0.0915. The van der Waals surface area contributed by atoms with E-state index in [-0.39, 0.29) is 12.1 Å². The molecule has 2 amide bonds. The van der Waals surface area contributed by atoms with Crippen LogP contribution in [0.3, 0.4) is 0 Å². The molecule has 1 fully saturated rings. The van der Waals surface area contributed by atoms with E-state index in [0.717, 1.165) is 30.9 Å². The minimum atomic E-state index is -0.0915. The summed E-state index contributed by atoms with van der Waals surface area (Å²) in [6, 6.07) is 6.14. The van der Waals surface area contributed by atoms with Gasteiger partial charge in [0.05, 0.1) is 5.69 Å². The van der Waals surface area contributed by atoms with Gasteiger partial charge in [0.2, 0.25) is 0 Å². The van der Waals surface area contributed by atoms with Crippen molar-refractivity contribution in [3.8, 4) is 0 Å². The first-order chi connectivity index (χ1) is 12.1. The SMILES string of the molecule is CCc1noc(C)c1NC(=O)N1CCN(C(C)c2ccccn2)CC1. The lowest BCUT2D eigenvalue weighted by Gasteiger charge is -2.37. The molecule has 0 spiro atoms. The van der Waals surface area contributed by atoms with Gasteiger partial charge >= 0.3 is 6.03 Å². The van der Waals surface area contributed by atoms with Gasteiger partial charge in [0.1, 0.15) is 11.4 Å². The Morgan fingerprint density at radius 1 is 1.32 bits per heavy atom. The Labute approximate surface area is 148 Å². The third-order valence-corrected chi connectivity index (χ3v) is 4.77. The molecule has 3 heterocycles. The van der Waals surface area contributed by atoms with Crippen LogP contribution < -0.4 is 5.32 Å². The number of carbonyl (C=O) groups is 1. The van der Waals surface area contributed by atoms with Crippen molar-refractivity contribution < 1.29 is 9.32 Å². The lowest BCUT2D eigenvalue weighted by molar-refractivity contribution is 0.118. The van der Waals surface area contributed by atoms with Crippen molar-refractivity contribution in [3.05, 3.63) is 41.5 Å². The lowest BCUT2D eigenvalue weighted by Crippen LogP contribution is -2.50. The average Bonchev–Trinajstić information content (AvgIpc) is 3.01. The zero-order chi connectivity index (χ0) is 17.8. The van der Waals surface area contributed by atoms with Crippen molar-refractivity contribution in [2.24, 2.45) is 0 Å². The number of amides is 2. The second kappa shape index (κ2) is 7.65. The van der Waals surface area contributed by atoms with Crippen LogP contribution in [0.25, 0.3) is 0 Å². The maximum Gasteiger partial charge on any atom is 0.322 e. The summed E-state index contributed by atoms with van der Waals surface area (Å²) < 4.78 is 5.17. The topological polar surface area (TPSA) is 74.5 Å². The lowest BCUT2D eigenvalue weighted by atomic mass is 10.1. The van der Waals surface area contributed by atoms with Gasteiger partial charge in [-0.2, -0.15) is 0 Å². The van der Waals surface area contributed by atoms with E-state index in [1.807, 2.05) is 43.1 Å². The van der Waals surface area contributed by atoms with E-state index in [2.05, 4.69) is 27.3 Å². The summed E-state index contributed by atoms with van der Waals surface area (Å²) in [4.78, 5) is 21.2. The number of hydrogen-bond acceptors (Lipinski definition) is 5. The summed E-state index contributed by atoms with van der Waals surface area (Å²) in [7, 11) is 0. The summed E-state index contributed by atoms with van der Waals surface area (Å²) in [5, 5.41) is 6.93. The zero-order valence-electron chi connectivity index (χ0n) is 15.0. The van der Waals surface area contributed by atoms with Gasteiger partial charge in [0.25, 0.3) is 0 Å². The highest BCUT2D eigenvalue weighted by atomic mass is 16.5. The van der Waals surface area contributed by atoms with Crippen molar-refractivity contribution in [2.75, 3.05) is 31.5 Å². The largest absolute Gasteiger partial charge is 0.359 e. The van der Waals surface area contributed by atoms with Crippen LogP contribution in [-0.4, -0.2) is 52.2 Å². The Hall–Kier alpha value is -2.41. The fourth-order valence-corrected chi connectivity index (χ4v) is 3.13. The molecule has 1 N–H and O–H groups in total. The van der Waals surface area contributed by atoms with Gasteiger partial charge in [-0.3, -0.25) is 9.88 Å². The number of pyridine rings is 1. The molecule has 0 bridgehead atoms. The van der Waals surface area contributed by atoms with Crippen LogP contribution in [0, 0.1) is 6.92 Å². The predicted octanol–water partition coefficient (Wildman–Crippen LogP) is 2.85. The number of rotatable bonds is 4. The molecule has 0 aliphatic carbocycles. The molecule has 7 nitrogen and oxygen atoms in total. The highest BCUT2D eigenvalue weighted by molar-refractivity contribution is 5.90. The molecular formula is C18H25N5O2. The first kappa shape index (κ1) is 17.4. The first-order valence-corrected chi connectivity index (χ1v) is 8.76. The van der Waals surface area contributed by atoms with Crippen molar-refractivity contribution in [2.45, 2.75) is 33.2 Å². The quantitative estimate of drug-likeness (QED) is 0.924. The molecular weight excluding hydrogens is 318 g/mol. The van der Waals surface area contributed by atoms with E-state index in [9.17, 15) is 4.79 Å². The van der Waals surface area contributed by atoms with Crippen LogP contribution in [0.1, 0.15) is 37.0 Å². The van der Waals surface area contributed by atoms with Gasteiger partial charge in [-0.25, -0.2) is 4.79 Å². The third-order valence-electron chi connectivity index (χ3n) is 4.77. The molecule has 1 unspecified atom stereocenters. The fraction of sp³-hybridized carbons (Fsp3) is 0.500. The van der Waals surface area contributed by atoms with Gasteiger partial charge in [-0.05, 0) is 32.4 Å². The Bertz CT molecular complexity index is 708. The van der Waals surface area contributed by atoms with Crippen molar-refractivity contribution in [1.82, 2.24) is 19.9 Å². The maximum atomic E-state index is 12.5.